The fourth-order valence-corrected chi connectivity index (χ4v) is 7.27. The molecule has 1 heterocycles. The van der Waals surface area contributed by atoms with Crippen LogP contribution in [0.25, 0.3) is 0 Å². The van der Waals surface area contributed by atoms with E-state index in [-0.39, 0.29) is 34.8 Å². The number of hydrogen-bond acceptors (Lipinski definition) is 6. The number of ketones is 2. The molecule has 2 aromatic rings. The largest absolute Gasteiger partial charge is 0.493 e. The molecule has 1 aliphatic heterocycles. The zero-order valence-corrected chi connectivity index (χ0v) is 27.6. The summed E-state index contributed by atoms with van der Waals surface area (Å²) >= 11 is 0. The van der Waals surface area contributed by atoms with Crippen LogP contribution < -0.4 is 9.47 Å². The molecule has 7 heteroatoms. The third-order valence-corrected chi connectivity index (χ3v) is 9.10. The second kappa shape index (κ2) is 13.0. The van der Waals surface area contributed by atoms with Crippen molar-refractivity contribution in [1.29, 1.82) is 0 Å². The number of methoxy groups -OCH3 is 2. The van der Waals surface area contributed by atoms with Crippen molar-refractivity contribution < 1.29 is 28.2 Å². The Balaban J connectivity index is 1.69. The zero-order valence-electron chi connectivity index (χ0n) is 27.6. The molecule has 0 fully saturated rings. The van der Waals surface area contributed by atoms with Gasteiger partial charge in [-0.15, -0.1) is 6.58 Å². The van der Waals surface area contributed by atoms with Gasteiger partial charge in [-0.05, 0) is 65.8 Å². The van der Waals surface area contributed by atoms with Crippen LogP contribution in [0.5, 0.6) is 11.5 Å². The lowest BCUT2D eigenvalue weighted by Gasteiger charge is -2.49. The van der Waals surface area contributed by atoms with Crippen molar-refractivity contribution in [3.05, 3.63) is 94.1 Å². The summed E-state index contributed by atoms with van der Waals surface area (Å²) in [6.07, 6.45) is 5.39. The molecule has 0 saturated heterocycles. The number of carbonyl (C=O) groups excluding carboxylic acids is 2. The van der Waals surface area contributed by atoms with Gasteiger partial charge in [0.1, 0.15) is 12.4 Å². The molecule has 0 unspecified atom stereocenters. The second-order valence-corrected chi connectivity index (χ2v) is 14.2. The van der Waals surface area contributed by atoms with Gasteiger partial charge >= 0.3 is 0 Å². The van der Waals surface area contributed by atoms with Gasteiger partial charge in [-0.1, -0.05) is 52.0 Å². The van der Waals surface area contributed by atoms with Crippen molar-refractivity contribution >= 4 is 11.6 Å². The molecule has 0 atom stereocenters. The van der Waals surface area contributed by atoms with E-state index in [0.717, 1.165) is 52.9 Å². The summed E-state index contributed by atoms with van der Waals surface area (Å²) in [7, 11) is 3.28. The van der Waals surface area contributed by atoms with Crippen LogP contribution in [0.1, 0.15) is 82.4 Å². The minimum absolute atomic E-state index is 0.0860. The van der Waals surface area contributed by atoms with Crippen LogP contribution in [0.4, 0.5) is 4.39 Å². The Kier molecular flexibility index (Phi) is 9.41. The second-order valence-electron chi connectivity index (χ2n) is 14.2. The van der Waals surface area contributed by atoms with Crippen LogP contribution >= 0.6 is 0 Å². The summed E-state index contributed by atoms with van der Waals surface area (Å²) in [5.74, 6) is 0.381. The van der Waals surface area contributed by atoms with Crippen molar-refractivity contribution in [2.24, 2.45) is 10.8 Å². The average molecular weight is 616 g/mol. The normalized spacial score (nSPS) is 19.4. The molecule has 0 radical (unpaired) electrons. The first-order valence-corrected chi connectivity index (χ1v) is 15.9. The van der Waals surface area contributed by atoms with Gasteiger partial charge in [0.15, 0.2) is 23.1 Å². The van der Waals surface area contributed by atoms with Gasteiger partial charge in [-0.25, -0.2) is 4.39 Å². The van der Waals surface area contributed by atoms with Gasteiger partial charge in [0.05, 0.1) is 7.11 Å². The predicted molar refractivity (Wildman–Crippen MR) is 174 cm³/mol. The van der Waals surface area contributed by atoms with Crippen LogP contribution in [0.2, 0.25) is 0 Å². The smallest absolute Gasteiger partial charge is 0.165 e. The summed E-state index contributed by atoms with van der Waals surface area (Å²) in [4.78, 5) is 30.7. The predicted octanol–water partition coefficient (Wildman–Crippen LogP) is 7.86. The molecule has 45 heavy (non-hydrogen) atoms. The Morgan fingerprint density at radius 3 is 2.16 bits per heavy atom. The lowest BCUT2D eigenvalue weighted by molar-refractivity contribution is -0.119. The number of rotatable bonds is 11. The number of nitrogens with zero attached hydrogens (tertiary/aromatic N) is 1. The highest BCUT2D eigenvalue weighted by Gasteiger charge is 2.49. The number of allylic oxidation sites excluding steroid dienone is 5. The topological polar surface area (TPSA) is 65.1 Å². The summed E-state index contributed by atoms with van der Waals surface area (Å²) in [6, 6.07) is 10.3. The maximum absolute atomic E-state index is 14.2. The number of halogens is 1. The summed E-state index contributed by atoms with van der Waals surface area (Å²) in [5.41, 5.74) is 5.45. The minimum atomic E-state index is -0.504. The average Bonchev–Trinajstić information content (AvgIpc) is 2.95. The molecule has 6 nitrogen and oxygen atoms in total. The highest BCUT2D eigenvalue weighted by molar-refractivity contribution is 6.06. The van der Waals surface area contributed by atoms with E-state index >= 15 is 0 Å². The molecule has 0 spiro atoms. The lowest BCUT2D eigenvalue weighted by atomic mass is 9.63. The van der Waals surface area contributed by atoms with E-state index < -0.39 is 5.92 Å². The molecule has 5 rings (SSSR count). The highest BCUT2D eigenvalue weighted by atomic mass is 19.1. The van der Waals surface area contributed by atoms with Gasteiger partial charge in [-0.2, -0.15) is 0 Å². The summed E-state index contributed by atoms with van der Waals surface area (Å²) < 4.78 is 31.4. The summed E-state index contributed by atoms with van der Waals surface area (Å²) in [5, 5.41) is 0. The standard InChI is InChI=1S/C38H46FNO5/c1-8-11-25-17-26(18-32(44-7)36(25)45-23-24-12-9-13-27(39)16-24)33-34-28(19-37(2,3)21-30(34)41)40(14-10-15-43-6)29-20-38(4,5)22-31(42)35(29)33/h8-9,12-13,16-18,33H,1,10-11,14-15,19-23H2,2-7H3. The van der Waals surface area contributed by atoms with E-state index in [9.17, 15) is 14.0 Å². The minimum Gasteiger partial charge on any atom is -0.493 e. The van der Waals surface area contributed by atoms with Crippen LogP contribution in [-0.2, 0) is 27.4 Å². The van der Waals surface area contributed by atoms with Gasteiger partial charge in [0.2, 0.25) is 0 Å². The SMILES string of the molecule is C=CCc1cc(C2C3=C(CC(C)(C)CC3=O)N(CCCOC)C3=C2C(=O)CC(C)(C)C3)cc(OC)c1OCc1cccc(F)c1. The van der Waals surface area contributed by atoms with Crippen LogP contribution in [-0.4, -0.2) is 43.8 Å². The first kappa shape index (κ1) is 32.7. The third kappa shape index (κ3) is 6.79. The van der Waals surface area contributed by atoms with E-state index in [1.807, 2.05) is 18.2 Å². The molecular weight excluding hydrogens is 569 g/mol. The maximum atomic E-state index is 14.2. The van der Waals surface area contributed by atoms with Crippen LogP contribution in [0.15, 0.2) is 71.6 Å². The van der Waals surface area contributed by atoms with Crippen molar-refractivity contribution in [3.8, 4) is 11.5 Å². The fraction of sp³-hybridized carbons (Fsp3) is 0.474. The number of ether oxygens (including phenoxy) is 3. The number of carbonyl (C=O) groups is 2. The van der Waals surface area contributed by atoms with E-state index in [2.05, 4.69) is 39.2 Å². The number of benzene rings is 2. The molecule has 2 aromatic carbocycles. The molecule has 3 aliphatic rings. The summed E-state index contributed by atoms with van der Waals surface area (Å²) in [6.45, 7) is 14.0. The number of Topliss-reactive ketones (excluding diaryl/α,β-unsaturated/α-hetero) is 2. The van der Waals surface area contributed by atoms with Crippen LogP contribution in [0.3, 0.4) is 0 Å². The Morgan fingerprint density at radius 2 is 1.60 bits per heavy atom. The molecular formula is C38H46FNO5. The van der Waals surface area contributed by atoms with Gasteiger partial charge in [0.25, 0.3) is 0 Å². The molecule has 0 bridgehead atoms. The fourth-order valence-electron chi connectivity index (χ4n) is 7.27. The Labute approximate surface area is 266 Å². The Bertz CT molecular complexity index is 1510. The van der Waals surface area contributed by atoms with E-state index in [1.54, 1.807) is 26.4 Å². The third-order valence-electron chi connectivity index (χ3n) is 9.10. The molecule has 2 aliphatic carbocycles. The first-order valence-electron chi connectivity index (χ1n) is 15.9. The monoisotopic (exact) mass is 615 g/mol. The number of hydrogen-bond donors (Lipinski definition) is 0. The Morgan fingerprint density at radius 1 is 0.956 bits per heavy atom. The Hall–Kier alpha value is -3.71. The quantitative estimate of drug-likeness (QED) is 0.189. The van der Waals surface area contributed by atoms with E-state index in [0.29, 0.717) is 49.5 Å². The molecule has 0 saturated carbocycles. The maximum Gasteiger partial charge on any atom is 0.165 e. The van der Waals surface area contributed by atoms with Crippen LogP contribution in [0, 0.1) is 16.6 Å². The molecule has 0 amide bonds. The van der Waals surface area contributed by atoms with Gasteiger partial charge in [0, 0.05) is 67.1 Å². The van der Waals surface area contributed by atoms with Crippen molar-refractivity contribution in [1.82, 2.24) is 4.90 Å². The van der Waals surface area contributed by atoms with Crippen molar-refractivity contribution in [3.63, 3.8) is 0 Å². The van der Waals surface area contributed by atoms with E-state index in [1.165, 1.54) is 12.1 Å². The first-order chi connectivity index (χ1) is 21.4. The zero-order chi connectivity index (χ0) is 32.5. The molecule has 240 valence electrons. The van der Waals surface area contributed by atoms with Gasteiger partial charge < -0.3 is 19.1 Å². The van der Waals surface area contributed by atoms with Crippen molar-refractivity contribution in [2.45, 2.75) is 78.7 Å². The van der Waals surface area contributed by atoms with E-state index in [4.69, 9.17) is 14.2 Å². The van der Waals surface area contributed by atoms with Crippen molar-refractivity contribution in [2.75, 3.05) is 27.4 Å². The molecule has 0 N–H and O–H groups in total. The molecule has 0 aromatic heterocycles. The highest BCUT2D eigenvalue weighted by Crippen LogP contribution is 2.55. The van der Waals surface area contributed by atoms with Gasteiger partial charge in [-0.3, -0.25) is 9.59 Å². The lowest BCUT2D eigenvalue weighted by Crippen LogP contribution is -2.44.